The molecule has 2 heterocycles. The maximum absolute atomic E-state index is 13.9. The fourth-order valence-corrected chi connectivity index (χ4v) is 5.66. The van der Waals surface area contributed by atoms with Crippen LogP contribution in [0.2, 0.25) is 0 Å². The summed E-state index contributed by atoms with van der Waals surface area (Å²) in [6.45, 7) is 4.94. The summed E-state index contributed by atoms with van der Waals surface area (Å²) in [5, 5.41) is 9.99. The minimum absolute atomic E-state index is 0.0126. The second-order valence-corrected chi connectivity index (χ2v) is 9.81. The van der Waals surface area contributed by atoms with Crippen molar-refractivity contribution >= 4 is 32.7 Å². The summed E-state index contributed by atoms with van der Waals surface area (Å²) < 4.78 is 33.4. The highest BCUT2D eigenvalue weighted by Crippen LogP contribution is 2.31. The number of carbonyl (C=O) groups is 2. The SMILES string of the molecule is COC(=O)c1cnc(C)c(C(=O)c2cc3c(C)cc(C#N)cc3n2S(=O)(=O)c2ccccc2)c1C. The fraction of sp³-hybridized carbons (Fsp3) is 0.154. The van der Waals surface area contributed by atoms with Crippen molar-refractivity contribution in [1.29, 1.82) is 5.26 Å². The molecule has 4 rings (SSSR count). The first-order chi connectivity index (χ1) is 16.6. The summed E-state index contributed by atoms with van der Waals surface area (Å²) in [5.74, 6) is -1.28. The van der Waals surface area contributed by atoms with Gasteiger partial charge in [-0.25, -0.2) is 17.2 Å². The lowest BCUT2D eigenvalue weighted by Crippen LogP contribution is -2.21. The van der Waals surface area contributed by atoms with Crippen LogP contribution in [0.1, 0.15) is 48.8 Å². The van der Waals surface area contributed by atoms with Crippen LogP contribution < -0.4 is 0 Å². The number of rotatable bonds is 5. The summed E-state index contributed by atoms with van der Waals surface area (Å²) in [5.41, 5.74) is 1.87. The molecule has 0 unspecified atom stereocenters. The van der Waals surface area contributed by atoms with Gasteiger partial charge in [-0.2, -0.15) is 5.26 Å². The van der Waals surface area contributed by atoms with Gasteiger partial charge < -0.3 is 4.74 Å². The average Bonchev–Trinajstić information content (AvgIpc) is 3.25. The van der Waals surface area contributed by atoms with Crippen molar-refractivity contribution in [1.82, 2.24) is 8.96 Å². The Kier molecular flexibility index (Phi) is 6.01. The quantitative estimate of drug-likeness (QED) is 0.307. The first-order valence-electron chi connectivity index (χ1n) is 10.6. The van der Waals surface area contributed by atoms with Gasteiger partial charge in [-0.3, -0.25) is 9.78 Å². The number of fused-ring (bicyclic) bond motifs is 1. The molecular weight excluding hydrogens is 466 g/mol. The number of hydrogen-bond donors (Lipinski definition) is 0. The molecule has 9 heteroatoms. The van der Waals surface area contributed by atoms with Crippen molar-refractivity contribution in [3.05, 3.63) is 93.9 Å². The Morgan fingerprint density at radius 3 is 2.37 bits per heavy atom. The van der Waals surface area contributed by atoms with Crippen LogP contribution in [0.25, 0.3) is 10.9 Å². The molecule has 0 saturated carbocycles. The number of aromatic nitrogens is 2. The monoisotopic (exact) mass is 487 g/mol. The molecule has 0 amide bonds. The average molecular weight is 488 g/mol. The molecule has 2 aromatic carbocycles. The summed E-state index contributed by atoms with van der Waals surface area (Å²) in [6.07, 6.45) is 1.33. The van der Waals surface area contributed by atoms with E-state index in [2.05, 4.69) is 4.98 Å². The Hall–Kier alpha value is -4.29. The number of ether oxygens (including phenoxy) is 1. The van der Waals surface area contributed by atoms with E-state index >= 15 is 0 Å². The summed E-state index contributed by atoms with van der Waals surface area (Å²) in [4.78, 5) is 30.3. The zero-order valence-corrected chi connectivity index (χ0v) is 20.3. The predicted octanol–water partition coefficient (Wildman–Crippen LogP) is 4.09. The van der Waals surface area contributed by atoms with E-state index in [-0.39, 0.29) is 32.8 Å². The third-order valence-electron chi connectivity index (χ3n) is 5.89. The second kappa shape index (κ2) is 8.81. The standard InChI is InChI=1S/C26H21N3O5S/c1-15-10-18(13-27)11-22-20(15)12-23(29(22)35(32,33)19-8-6-5-7-9-19)25(30)24-16(2)21(26(31)34-4)14-28-17(24)3/h5-12,14H,1-4H3. The van der Waals surface area contributed by atoms with E-state index in [9.17, 15) is 23.3 Å². The number of esters is 1. The Bertz CT molecular complexity index is 1660. The number of aryl methyl sites for hydroxylation is 2. The van der Waals surface area contributed by atoms with Crippen molar-refractivity contribution in [2.24, 2.45) is 0 Å². The molecule has 0 saturated heterocycles. The first kappa shape index (κ1) is 23.9. The van der Waals surface area contributed by atoms with E-state index in [0.29, 0.717) is 22.2 Å². The van der Waals surface area contributed by atoms with Crippen molar-refractivity contribution in [3.8, 4) is 6.07 Å². The number of ketones is 1. The van der Waals surface area contributed by atoms with Gasteiger partial charge in [-0.1, -0.05) is 18.2 Å². The van der Waals surface area contributed by atoms with Gasteiger partial charge in [0, 0.05) is 22.8 Å². The molecule has 0 radical (unpaired) electrons. The minimum atomic E-state index is -4.23. The Morgan fingerprint density at radius 2 is 1.74 bits per heavy atom. The normalized spacial score (nSPS) is 11.3. The molecule has 0 fully saturated rings. The topological polar surface area (TPSA) is 119 Å². The number of benzene rings is 2. The fourth-order valence-electron chi connectivity index (χ4n) is 4.15. The number of hydrogen-bond acceptors (Lipinski definition) is 7. The van der Waals surface area contributed by atoms with E-state index < -0.39 is 21.8 Å². The van der Waals surface area contributed by atoms with Gasteiger partial charge in [0.1, 0.15) is 5.69 Å². The summed E-state index contributed by atoms with van der Waals surface area (Å²) in [7, 11) is -3.00. The van der Waals surface area contributed by atoms with E-state index in [1.54, 1.807) is 45.0 Å². The lowest BCUT2D eigenvalue weighted by Gasteiger charge is -2.15. The van der Waals surface area contributed by atoms with Crippen LogP contribution in [0.5, 0.6) is 0 Å². The van der Waals surface area contributed by atoms with E-state index in [0.717, 1.165) is 3.97 Å². The number of methoxy groups -OCH3 is 1. The molecule has 0 spiro atoms. The van der Waals surface area contributed by atoms with Crippen molar-refractivity contribution < 1.29 is 22.7 Å². The Labute approximate surface area is 202 Å². The molecule has 0 N–H and O–H groups in total. The van der Waals surface area contributed by atoms with E-state index in [4.69, 9.17) is 4.74 Å². The molecule has 4 aromatic rings. The lowest BCUT2D eigenvalue weighted by atomic mass is 9.97. The third-order valence-corrected chi connectivity index (χ3v) is 7.63. The van der Waals surface area contributed by atoms with Gasteiger partial charge in [0.25, 0.3) is 10.0 Å². The molecule has 0 atom stereocenters. The lowest BCUT2D eigenvalue weighted by molar-refractivity contribution is 0.0599. The largest absolute Gasteiger partial charge is 0.465 e. The summed E-state index contributed by atoms with van der Waals surface area (Å²) in [6, 6.07) is 14.4. The van der Waals surface area contributed by atoms with Crippen LogP contribution in [0.4, 0.5) is 0 Å². The molecule has 0 aliphatic carbocycles. The number of nitriles is 1. The van der Waals surface area contributed by atoms with E-state index in [1.165, 1.54) is 37.6 Å². The Morgan fingerprint density at radius 1 is 1.06 bits per heavy atom. The highest BCUT2D eigenvalue weighted by atomic mass is 32.2. The number of nitrogens with zero attached hydrogens (tertiary/aromatic N) is 3. The molecule has 0 bridgehead atoms. The van der Waals surface area contributed by atoms with Gasteiger partial charge in [0.05, 0.1) is 34.7 Å². The zero-order chi connectivity index (χ0) is 25.5. The molecule has 35 heavy (non-hydrogen) atoms. The molecular formula is C26H21N3O5S. The Balaban J connectivity index is 2.09. The van der Waals surface area contributed by atoms with Gasteiger partial charge in [0.15, 0.2) is 0 Å². The third kappa shape index (κ3) is 3.88. The van der Waals surface area contributed by atoms with Gasteiger partial charge in [0.2, 0.25) is 5.78 Å². The van der Waals surface area contributed by atoms with Crippen LogP contribution in [0, 0.1) is 32.1 Å². The van der Waals surface area contributed by atoms with Gasteiger partial charge >= 0.3 is 5.97 Å². The molecule has 8 nitrogen and oxygen atoms in total. The molecule has 0 aliphatic rings. The highest BCUT2D eigenvalue weighted by molar-refractivity contribution is 7.90. The van der Waals surface area contributed by atoms with Crippen molar-refractivity contribution in [3.63, 3.8) is 0 Å². The molecule has 2 aromatic heterocycles. The van der Waals surface area contributed by atoms with E-state index in [1.807, 2.05) is 6.07 Å². The maximum Gasteiger partial charge on any atom is 0.339 e. The smallest absolute Gasteiger partial charge is 0.339 e. The second-order valence-electron chi connectivity index (χ2n) is 8.03. The van der Waals surface area contributed by atoms with Crippen LogP contribution in [0.3, 0.4) is 0 Å². The zero-order valence-electron chi connectivity index (χ0n) is 19.5. The van der Waals surface area contributed by atoms with Gasteiger partial charge in [-0.05, 0) is 62.2 Å². The number of pyridine rings is 1. The van der Waals surface area contributed by atoms with Crippen molar-refractivity contribution in [2.45, 2.75) is 25.7 Å². The maximum atomic E-state index is 13.9. The predicted molar refractivity (Wildman–Crippen MR) is 129 cm³/mol. The summed E-state index contributed by atoms with van der Waals surface area (Å²) >= 11 is 0. The van der Waals surface area contributed by atoms with Crippen LogP contribution in [-0.4, -0.2) is 36.2 Å². The first-order valence-corrected chi connectivity index (χ1v) is 12.0. The van der Waals surface area contributed by atoms with Crippen molar-refractivity contribution in [2.75, 3.05) is 7.11 Å². The van der Waals surface area contributed by atoms with Crippen LogP contribution in [-0.2, 0) is 14.8 Å². The molecule has 0 aliphatic heterocycles. The van der Waals surface area contributed by atoms with Crippen LogP contribution in [0.15, 0.2) is 59.6 Å². The van der Waals surface area contributed by atoms with Crippen LogP contribution >= 0.6 is 0 Å². The molecule has 176 valence electrons. The highest BCUT2D eigenvalue weighted by Gasteiger charge is 2.30. The number of carbonyl (C=O) groups excluding carboxylic acids is 2. The minimum Gasteiger partial charge on any atom is -0.465 e. The van der Waals surface area contributed by atoms with Gasteiger partial charge in [-0.15, -0.1) is 0 Å².